The number of nitrogens with zero attached hydrogens (tertiary/aromatic N) is 1. The summed E-state index contributed by atoms with van der Waals surface area (Å²) in [7, 11) is 0. The number of nitrogens with one attached hydrogen (secondary N) is 1. The van der Waals surface area contributed by atoms with Gasteiger partial charge in [0, 0.05) is 12.7 Å². The Hall–Kier alpha value is -1.26. The number of rotatable bonds is 5. The number of hydrogen-bond acceptors (Lipinski definition) is 3. The van der Waals surface area contributed by atoms with Crippen molar-refractivity contribution < 1.29 is 4.74 Å². The van der Waals surface area contributed by atoms with Crippen LogP contribution in [0, 0.1) is 0 Å². The fourth-order valence-corrected chi connectivity index (χ4v) is 2.42. The summed E-state index contributed by atoms with van der Waals surface area (Å²) in [6, 6.07) is 9.79. The van der Waals surface area contributed by atoms with Gasteiger partial charge in [-0.2, -0.15) is 0 Å². The smallest absolute Gasteiger partial charge is 0.140 e. The van der Waals surface area contributed by atoms with Gasteiger partial charge in [0.2, 0.25) is 0 Å². The van der Waals surface area contributed by atoms with Crippen LogP contribution < -0.4 is 10.1 Å². The molecule has 1 heterocycles. The summed E-state index contributed by atoms with van der Waals surface area (Å²) >= 11 is 9.28. The van der Waals surface area contributed by atoms with Crippen LogP contribution in [0.1, 0.15) is 12.5 Å². The zero-order valence-electron chi connectivity index (χ0n) is 10.5. The molecule has 5 heteroatoms. The van der Waals surface area contributed by atoms with Gasteiger partial charge in [-0.1, -0.05) is 23.7 Å². The lowest BCUT2D eigenvalue weighted by molar-refractivity contribution is 0.340. The average Bonchev–Trinajstić information content (AvgIpc) is 2.38. The molecule has 0 unspecified atom stereocenters. The van der Waals surface area contributed by atoms with Crippen LogP contribution in [0.4, 0.5) is 5.82 Å². The fourth-order valence-electron chi connectivity index (χ4n) is 1.64. The highest BCUT2D eigenvalue weighted by Crippen LogP contribution is 2.24. The van der Waals surface area contributed by atoms with Gasteiger partial charge in [-0.05, 0) is 46.6 Å². The maximum Gasteiger partial charge on any atom is 0.140 e. The standard InChI is InChI=1S/C14H14BrClN2O/c1-2-19-12-5-3-4-10(6-12)8-17-14-13(15)7-11(16)9-18-14/h3-7,9H,2,8H2,1H3,(H,17,18). The second-order valence-electron chi connectivity index (χ2n) is 3.92. The Morgan fingerprint density at radius 3 is 2.95 bits per heavy atom. The quantitative estimate of drug-likeness (QED) is 0.869. The second-order valence-corrected chi connectivity index (χ2v) is 5.21. The number of aromatic nitrogens is 1. The molecule has 0 aliphatic heterocycles. The molecule has 0 radical (unpaired) electrons. The van der Waals surface area contributed by atoms with Gasteiger partial charge < -0.3 is 10.1 Å². The van der Waals surface area contributed by atoms with Crippen LogP contribution >= 0.6 is 27.5 Å². The zero-order valence-corrected chi connectivity index (χ0v) is 12.8. The van der Waals surface area contributed by atoms with E-state index < -0.39 is 0 Å². The van der Waals surface area contributed by atoms with Crippen LogP contribution in [0.2, 0.25) is 5.02 Å². The van der Waals surface area contributed by atoms with Crippen molar-refractivity contribution >= 4 is 33.3 Å². The molecule has 0 saturated heterocycles. The van der Waals surface area contributed by atoms with Gasteiger partial charge >= 0.3 is 0 Å². The monoisotopic (exact) mass is 340 g/mol. The van der Waals surface area contributed by atoms with E-state index in [4.69, 9.17) is 16.3 Å². The lowest BCUT2D eigenvalue weighted by Crippen LogP contribution is -2.02. The molecule has 0 spiro atoms. The van der Waals surface area contributed by atoms with Gasteiger partial charge in [-0.15, -0.1) is 0 Å². The Balaban J connectivity index is 2.03. The Morgan fingerprint density at radius 1 is 1.37 bits per heavy atom. The molecule has 0 saturated carbocycles. The number of pyridine rings is 1. The number of ether oxygens (including phenoxy) is 1. The van der Waals surface area contributed by atoms with Crippen LogP contribution in [0.5, 0.6) is 5.75 Å². The van der Waals surface area contributed by atoms with E-state index >= 15 is 0 Å². The first-order valence-electron chi connectivity index (χ1n) is 5.95. The van der Waals surface area contributed by atoms with Crippen molar-refractivity contribution in [3.8, 4) is 5.75 Å². The molecule has 0 aliphatic carbocycles. The van der Waals surface area contributed by atoms with Crippen molar-refractivity contribution in [2.75, 3.05) is 11.9 Å². The van der Waals surface area contributed by atoms with Crippen molar-refractivity contribution in [3.63, 3.8) is 0 Å². The van der Waals surface area contributed by atoms with Gasteiger partial charge in [0.15, 0.2) is 0 Å². The first-order chi connectivity index (χ1) is 9.19. The lowest BCUT2D eigenvalue weighted by atomic mass is 10.2. The summed E-state index contributed by atoms with van der Waals surface area (Å²) in [4.78, 5) is 4.23. The highest BCUT2D eigenvalue weighted by molar-refractivity contribution is 9.10. The van der Waals surface area contributed by atoms with Gasteiger partial charge in [0.1, 0.15) is 11.6 Å². The Labute approximate surface area is 126 Å². The maximum atomic E-state index is 5.85. The largest absolute Gasteiger partial charge is 0.494 e. The molecule has 1 aromatic carbocycles. The average molecular weight is 342 g/mol. The Kier molecular flexibility index (Phi) is 5.05. The minimum atomic E-state index is 0.607. The maximum absolute atomic E-state index is 5.85. The molecule has 0 fully saturated rings. The first kappa shape index (κ1) is 14.2. The van der Waals surface area contributed by atoms with Crippen LogP contribution in [-0.2, 0) is 6.54 Å². The third-order valence-corrected chi connectivity index (χ3v) is 3.29. The van der Waals surface area contributed by atoms with Crippen LogP contribution in [0.3, 0.4) is 0 Å². The molecule has 1 aromatic heterocycles. The summed E-state index contributed by atoms with van der Waals surface area (Å²) in [5.74, 6) is 1.65. The van der Waals surface area contributed by atoms with Crippen LogP contribution in [0.25, 0.3) is 0 Å². The molecule has 0 aliphatic rings. The molecule has 0 atom stereocenters. The van der Waals surface area contributed by atoms with E-state index in [9.17, 15) is 0 Å². The molecule has 0 amide bonds. The Bertz CT molecular complexity index is 563. The topological polar surface area (TPSA) is 34.1 Å². The lowest BCUT2D eigenvalue weighted by Gasteiger charge is -2.09. The molecule has 19 heavy (non-hydrogen) atoms. The molecule has 3 nitrogen and oxygen atoms in total. The highest BCUT2D eigenvalue weighted by Gasteiger charge is 2.02. The first-order valence-corrected chi connectivity index (χ1v) is 7.13. The molecule has 2 aromatic rings. The predicted octanol–water partition coefficient (Wildman–Crippen LogP) is 4.51. The van der Waals surface area contributed by atoms with Crippen molar-refractivity contribution in [1.29, 1.82) is 0 Å². The van der Waals surface area contributed by atoms with E-state index in [1.165, 1.54) is 0 Å². The van der Waals surface area contributed by atoms with Crippen molar-refractivity contribution in [1.82, 2.24) is 4.98 Å². The van der Waals surface area contributed by atoms with Crippen molar-refractivity contribution in [2.24, 2.45) is 0 Å². The molecule has 0 bridgehead atoms. The van der Waals surface area contributed by atoms with Crippen LogP contribution in [0.15, 0.2) is 41.0 Å². The third kappa shape index (κ3) is 4.11. The van der Waals surface area contributed by atoms with E-state index in [1.807, 2.05) is 37.3 Å². The van der Waals surface area contributed by atoms with Gasteiger partial charge in [0.05, 0.1) is 16.1 Å². The fraction of sp³-hybridized carbons (Fsp3) is 0.214. The molecule has 1 N–H and O–H groups in total. The Morgan fingerprint density at radius 2 is 2.21 bits per heavy atom. The molecule has 2 rings (SSSR count). The number of benzene rings is 1. The van der Waals surface area contributed by atoms with E-state index in [0.29, 0.717) is 18.2 Å². The summed E-state index contributed by atoms with van der Waals surface area (Å²) < 4.78 is 6.32. The minimum absolute atomic E-state index is 0.607. The SMILES string of the molecule is CCOc1cccc(CNc2ncc(Cl)cc2Br)c1. The number of halogens is 2. The second kappa shape index (κ2) is 6.78. The molecular formula is C14H14BrClN2O. The van der Waals surface area contributed by atoms with Gasteiger partial charge in [-0.25, -0.2) is 4.98 Å². The summed E-state index contributed by atoms with van der Waals surface area (Å²) in [6.07, 6.45) is 1.62. The predicted molar refractivity (Wildman–Crippen MR) is 81.9 cm³/mol. The van der Waals surface area contributed by atoms with E-state index in [2.05, 4.69) is 26.2 Å². The minimum Gasteiger partial charge on any atom is -0.494 e. The van der Waals surface area contributed by atoms with E-state index in [0.717, 1.165) is 21.6 Å². The molecule has 100 valence electrons. The summed E-state index contributed by atoms with van der Waals surface area (Å²) in [5, 5.41) is 3.86. The van der Waals surface area contributed by atoms with Gasteiger partial charge in [-0.3, -0.25) is 0 Å². The zero-order chi connectivity index (χ0) is 13.7. The van der Waals surface area contributed by atoms with E-state index in [-0.39, 0.29) is 0 Å². The highest BCUT2D eigenvalue weighted by atomic mass is 79.9. The van der Waals surface area contributed by atoms with Crippen molar-refractivity contribution in [3.05, 3.63) is 51.6 Å². The third-order valence-electron chi connectivity index (χ3n) is 2.48. The summed E-state index contributed by atoms with van der Waals surface area (Å²) in [5.41, 5.74) is 1.13. The van der Waals surface area contributed by atoms with Gasteiger partial charge in [0.25, 0.3) is 0 Å². The van der Waals surface area contributed by atoms with Crippen LogP contribution in [-0.4, -0.2) is 11.6 Å². The normalized spacial score (nSPS) is 10.3. The molecular weight excluding hydrogens is 328 g/mol. The number of anilines is 1. The summed E-state index contributed by atoms with van der Waals surface area (Å²) in [6.45, 7) is 3.31. The van der Waals surface area contributed by atoms with E-state index in [1.54, 1.807) is 6.20 Å². The van der Waals surface area contributed by atoms with Crippen molar-refractivity contribution in [2.45, 2.75) is 13.5 Å². The number of hydrogen-bond donors (Lipinski definition) is 1.